The van der Waals surface area contributed by atoms with Crippen molar-refractivity contribution in [3.05, 3.63) is 28.8 Å². The Labute approximate surface area is 143 Å². The summed E-state index contributed by atoms with van der Waals surface area (Å²) in [6.07, 6.45) is 12.0. The van der Waals surface area contributed by atoms with Crippen LogP contribution in [0.1, 0.15) is 76.0 Å². The predicted molar refractivity (Wildman–Crippen MR) is 93.4 cm³/mol. The summed E-state index contributed by atoms with van der Waals surface area (Å²) in [6, 6.07) is 4.95. The summed E-state index contributed by atoms with van der Waals surface area (Å²) in [6.45, 7) is 6.94. The Balaban J connectivity index is 3.09. The maximum absolute atomic E-state index is 2.48. The van der Waals surface area contributed by atoms with E-state index in [1.54, 1.807) is 20.3 Å². The van der Waals surface area contributed by atoms with E-state index in [2.05, 4.69) is 47.2 Å². The molecule has 0 aliphatic rings. The molecule has 0 aliphatic heterocycles. The summed E-state index contributed by atoms with van der Waals surface area (Å²) in [7, 11) is 0. The monoisotopic (exact) mass is 372 g/mol. The van der Waals surface area contributed by atoms with Crippen LogP contribution in [0.5, 0.6) is 0 Å². The molecule has 0 saturated heterocycles. The molecule has 1 aromatic carbocycles. The van der Waals surface area contributed by atoms with Crippen LogP contribution in [0.2, 0.25) is 0 Å². The van der Waals surface area contributed by atoms with Crippen LogP contribution in [-0.2, 0) is 19.3 Å². The van der Waals surface area contributed by atoms with E-state index < -0.39 is 0 Å². The molecule has 2 radical (unpaired) electrons. The van der Waals surface area contributed by atoms with Crippen LogP contribution in [0.15, 0.2) is 12.1 Å². The topological polar surface area (TPSA) is 0 Å². The van der Waals surface area contributed by atoms with Gasteiger partial charge in [-0.05, 0) is 0 Å². The van der Waals surface area contributed by atoms with Gasteiger partial charge in [-0.2, -0.15) is 0 Å². The zero-order chi connectivity index (χ0) is 14.8. The second-order valence-corrected chi connectivity index (χ2v) is 8.75. The average molecular weight is 371 g/mol. The van der Waals surface area contributed by atoms with E-state index in [1.807, 2.05) is 0 Å². The van der Waals surface area contributed by atoms with Gasteiger partial charge in [0.25, 0.3) is 0 Å². The normalized spacial score (nSPS) is 11.1. The molecule has 1 aromatic rings. The molecular weight excluding hydrogens is 342 g/mol. The fourth-order valence-corrected chi connectivity index (χ4v) is 5.24. The molecule has 106 valence electrons. The van der Waals surface area contributed by atoms with E-state index in [9.17, 15) is 0 Å². The quantitative estimate of drug-likeness (QED) is 0.543. The Hall–Kier alpha value is 0.616. The summed E-state index contributed by atoms with van der Waals surface area (Å²) in [4.78, 5) is 0. The van der Waals surface area contributed by atoms with Crippen molar-refractivity contribution in [1.29, 1.82) is 0 Å². The standard InChI is InChI=1S/C18H29.Li.Sn/c1-4-7-11-16-13-10-14-17(12-8-5-2)18(16)15-9-6-3;;/h10,13H,4-9,11-12,15H2,1-3H3;;. The Kier molecular flexibility index (Phi) is 10.5. The van der Waals surface area contributed by atoms with Crippen molar-refractivity contribution in [1.82, 2.24) is 0 Å². The number of rotatable bonds is 10. The SMILES string of the molecule is [Li][Sn][c]1ccc(CCCC)c(CCCC)c1CCCC. The van der Waals surface area contributed by atoms with Crippen molar-refractivity contribution >= 4 is 36.3 Å². The Morgan fingerprint density at radius 2 is 1.35 bits per heavy atom. The van der Waals surface area contributed by atoms with Crippen molar-refractivity contribution in [3.63, 3.8) is 0 Å². The molecule has 0 aliphatic carbocycles. The molecule has 0 heterocycles. The maximum atomic E-state index is 2.48. The van der Waals surface area contributed by atoms with Gasteiger partial charge >= 0.3 is 144 Å². The number of hydrogen-bond acceptors (Lipinski definition) is 0. The second kappa shape index (κ2) is 11.2. The van der Waals surface area contributed by atoms with Crippen molar-refractivity contribution < 1.29 is 0 Å². The van der Waals surface area contributed by atoms with Gasteiger partial charge in [0.1, 0.15) is 0 Å². The Morgan fingerprint density at radius 1 is 0.800 bits per heavy atom. The first-order chi connectivity index (χ1) is 9.78. The van der Waals surface area contributed by atoms with E-state index >= 15 is 0 Å². The van der Waals surface area contributed by atoms with Gasteiger partial charge in [0.05, 0.1) is 0 Å². The van der Waals surface area contributed by atoms with Gasteiger partial charge in [0, 0.05) is 0 Å². The molecule has 1 rings (SSSR count). The summed E-state index contributed by atoms with van der Waals surface area (Å²) in [5.74, 6) is 0. The van der Waals surface area contributed by atoms with Gasteiger partial charge in [0.15, 0.2) is 0 Å². The van der Waals surface area contributed by atoms with E-state index in [4.69, 9.17) is 0 Å². The van der Waals surface area contributed by atoms with Crippen molar-refractivity contribution in [2.24, 2.45) is 0 Å². The average Bonchev–Trinajstić information content (AvgIpc) is 2.48. The van der Waals surface area contributed by atoms with Crippen LogP contribution in [0.3, 0.4) is 0 Å². The van der Waals surface area contributed by atoms with Crippen LogP contribution in [0.4, 0.5) is 0 Å². The third-order valence-electron chi connectivity index (χ3n) is 4.16. The van der Waals surface area contributed by atoms with Crippen molar-refractivity contribution in [2.45, 2.75) is 78.6 Å². The zero-order valence-electron chi connectivity index (χ0n) is 14.0. The fourth-order valence-electron chi connectivity index (χ4n) is 2.88. The van der Waals surface area contributed by atoms with Crippen LogP contribution >= 0.6 is 0 Å². The Morgan fingerprint density at radius 3 is 1.90 bits per heavy atom. The molecular formula is C18H29LiSn. The van der Waals surface area contributed by atoms with Crippen LogP contribution < -0.4 is 3.58 Å². The van der Waals surface area contributed by atoms with Gasteiger partial charge in [-0.3, -0.25) is 0 Å². The number of hydrogen-bond donors (Lipinski definition) is 0. The minimum atomic E-state index is -0.321. The van der Waals surface area contributed by atoms with Gasteiger partial charge in [-0.15, -0.1) is 0 Å². The van der Waals surface area contributed by atoms with Gasteiger partial charge in [-0.1, -0.05) is 0 Å². The number of unbranched alkanes of at least 4 members (excludes halogenated alkanes) is 3. The molecule has 0 saturated carbocycles. The zero-order valence-corrected chi connectivity index (χ0v) is 16.9. The summed E-state index contributed by atoms with van der Waals surface area (Å²) in [5, 5.41) is 0. The number of benzene rings is 1. The van der Waals surface area contributed by atoms with Crippen molar-refractivity contribution in [3.8, 4) is 0 Å². The number of aryl methyl sites for hydroxylation is 1. The molecule has 0 fully saturated rings. The van der Waals surface area contributed by atoms with Crippen LogP contribution in [-0.4, -0.2) is 32.7 Å². The minimum absolute atomic E-state index is 0.321. The van der Waals surface area contributed by atoms with E-state index in [0.29, 0.717) is 0 Å². The summed E-state index contributed by atoms with van der Waals surface area (Å²) < 4.78 is 1.77. The fraction of sp³-hybridized carbons (Fsp3) is 0.667. The first kappa shape index (κ1) is 18.7. The molecule has 0 atom stereocenters. The molecule has 0 nitrogen and oxygen atoms in total. The Bertz CT molecular complexity index is 387. The van der Waals surface area contributed by atoms with E-state index in [-0.39, 0.29) is 18.5 Å². The van der Waals surface area contributed by atoms with E-state index in [1.165, 1.54) is 57.8 Å². The molecule has 20 heavy (non-hydrogen) atoms. The molecule has 0 bridgehead atoms. The van der Waals surface area contributed by atoms with Crippen LogP contribution in [0, 0.1) is 0 Å². The first-order valence-corrected chi connectivity index (χ1v) is 12.9. The predicted octanol–water partition coefficient (Wildman–Crippen LogP) is 4.13. The molecule has 0 N–H and O–H groups in total. The third-order valence-corrected chi connectivity index (χ3v) is 7.03. The first-order valence-electron chi connectivity index (χ1n) is 8.59. The molecule has 0 unspecified atom stereocenters. The van der Waals surface area contributed by atoms with Gasteiger partial charge in [0.2, 0.25) is 0 Å². The second-order valence-electron chi connectivity index (χ2n) is 5.79. The molecule has 2 heteroatoms. The molecule has 0 aromatic heterocycles. The van der Waals surface area contributed by atoms with Crippen LogP contribution in [0.25, 0.3) is 0 Å². The van der Waals surface area contributed by atoms with Crippen molar-refractivity contribution in [2.75, 3.05) is 0 Å². The third kappa shape index (κ3) is 5.78. The molecule has 0 amide bonds. The molecule has 0 spiro atoms. The summed E-state index contributed by atoms with van der Waals surface area (Å²) in [5.41, 5.74) is 5.21. The summed E-state index contributed by atoms with van der Waals surface area (Å²) >= 11 is 2.15. The van der Waals surface area contributed by atoms with Gasteiger partial charge in [-0.25, -0.2) is 0 Å². The van der Waals surface area contributed by atoms with E-state index in [0.717, 1.165) is 0 Å². The van der Waals surface area contributed by atoms with Gasteiger partial charge < -0.3 is 0 Å².